The second-order valence-corrected chi connectivity index (χ2v) is 3.08. The SMILES string of the molecule is CCOc1cc(F)c(Cl)cc1C(=O)NN. The fraction of sp³-hybridized carbons (Fsp3) is 0.222. The molecule has 15 heavy (non-hydrogen) atoms. The number of nitrogens with one attached hydrogen (secondary N) is 1. The predicted octanol–water partition coefficient (Wildman–Crippen LogP) is 1.48. The third-order valence-corrected chi connectivity index (χ3v) is 1.99. The number of carbonyl (C=O) groups is 1. The number of hydrogen-bond acceptors (Lipinski definition) is 3. The molecule has 0 aliphatic rings. The van der Waals surface area contributed by atoms with Crippen LogP contribution in [0.5, 0.6) is 5.75 Å². The number of benzene rings is 1. The van der Waals surface area contributed by atoms with E-state index < -0.39 is 11.7 Å². The second-order valence-electron chi connectivity index (χ2n) is 2.67. The van der Waals surface area contributed by atoms with E-state index >= 15 is 0 Å². The summed E-state index contributed by atoms with van der Waals surface area (Å²) >= 11 is 5.54. The normalized spacial score (nSPS) is 9.87. The van der Waals surface area contributed by atoms with Crippen molar-refractivity contribution in [3.8, 4) is 5.75 Å². The molecule has 0 bridgehead atoms. The molecule has 0 atom stereocenters. The van der Waals surface area contributed by atoms with Crippen LogP contribution in [0.3, 0.4) is 0 Å². The molecule has 1 aromatic carbocycles. The topological polar surface area (TPSA) is 64.3 Å². The standard InChI is InChI=1S/C9H10ClFN2O2/c1-2-15-8-4-7(11)6(10)3-5(8)9(14)13-12/h3-4H,2,12H2,1H3,(H,13,14). The first kappa shape index (κ1) is 11.7. The third-order valence-electron chi connectivity index (χ3n) is 1.70. The van der Waals surface area contributed by atoms with Crippen LogP contribution >= 0.6 is 11.6 Å². The van der Waals surface area contributed by atoms with E-state index in [-0.39, 0.29) is 16.3 Å². The highest BCUT2D eigenvalue weighted by atomic mass is 35.5. The highest BCUT2D eigenvalue weighted by Gasteiger charge is 2.15. The maximum Gasteiger partial charge on any atom is 0.268 e. The molecule has 0 aliphatic carbocycles. The van der Waals surface area contributed by atoms with E-state index in [1.165, 1.54) is 6.07 Å². The molecule has 1 aromatic rings. The second kappa shape index (κ2) is 4.95. The zero-order chi connectivity index (χ0) is 11.4. The van der Waals surface area contributed by atoms with Gasteiger partial charge in [0.15, 0.2) is 0 Å². The average molecular weight is 233 g/mol. The lowest BCUT2D eigenvalue weighted by Crippen LogP contribution is -2.30. The van der Waals surface area contributed by atoms with Crippen molar-refractivity contribution in [2.75, 3.05) is 6.61 Å². The van der Waals surface area contributed by atoms with Crippen molar-refractivity contribution < 1.29 is 13.9 Å². The Morgan fingerprint density at radius 3 is 2.87 bits per heavy atom. The smallest absolute Gasteiger partial charge is 0.268 e. The van der Waals surface area contributed by atoms with Gasteiger partial charge in [0, 0.05) is 6.07 Å². The molecule has 0 aromatic heterocycles. The van der Waals surface area contributed by atoms with Gasteiger partial charge in [0.1, 0.15) is 11.6 Å². The van der Waals surface area contributed by atoms with Crippen LogP contribution in [0.25, 0.3) is 0 Å². The van der Waals surface area contributed by atoms with E-state index in [0.29, 0.717) is 6.61 Å². The lowest BCUT2D eigenvalue weighted by molar-refractivity contribution is 0.0950. The van der Waals surface area contributed by atoms with Crippen molar-refractivity contribution in [1.82, 2.24) is 5.43 Å². The molecule has 0 spiro atoms. The summed E-state index contributed by atoms with van der Waals surface area (Å²) in [7, 11) is 0. The van der Waals surface area contributed by atoms with Crippen LogP contribution in [0.4, 0.5) is 4.39 Å². The molecule has 0 radical (unpaired) electrons. The Morgan fingerprint density at radius 2 is 2.33 bits per heavy atom. The van der Waals surface area contributed by atoms with Crippen LogP contribution in [0.15, 0.2) is 12.1 Å². The van der Waals surface area contributed by atoms with Gasteiger partial charge in [-0.3, -0.25) is 10.2 Å². The summed E-state index contributed by atoms with van der Waals surface area (Å²) in [4.78, 5) is 11.3. The van der Waals surface area contributed by atoms with Crippen molar-refractivity contribution in [2.24, 2.45) is 5.84 Å². The summed E-state index contributed by atoms with van der Waals surface area (Å²) < 4.78 is 18.2. The summed E-state index contributed by atoms with van der Waals surface area (Å²) in [6, 6.07) is 2.22. The van der Waals surface area contributed by atoms with E-state index in [9.17, 15) is 9.18 Å². The summed E-state index contributed by atoms with van der Waals surface area (Å²) in [5, 5.41) is -0.156. The first-order chi connectivity index (χ1) is 7.10. The van der Waals surface area contributed by atoms with Gasteiger partial charge in [-0.1, -0.05) is 11.6 Å². The van der Waals surface area contributed by atoms with E-state index in [2.05, 4.69) is 0 Å². The molecule has 3 N–H and O–H groups in total. The molecular formula is C9H10ClFN2O2. The van der Waals surface area contributed by atoms with Crippen molar-refractivity contribution in [2.45, 2.75) is 6.92 Å². The number of ether oxygens (including phenoxy) is 1. The quantitative estimate of drug-likeness (QED) is 0.471. The number of amides is 1. The Labute approximate surface area is 91.1 Å². The number of halogens is 2. The fourth-order valence-corrected chi connectivity index (χ4v) is 1.22. The maximum atomic E-state index is 13.1. The van der Waals surface area contributed by atoms with Gasteiger partial charge < -0.3 is 4.74 Å². The number of carbonyl (C=O) groups excluding carboxylic acids is 1. The zero-order valence-corrected chi connectivity index (χ0v) is 8.77. The van der Waals surface area contributed by atoms with Crippen molar-refractivity contribution >= 4 is 17.5 Å². The molecule has 0 saturated heterocycles. The number of nitrogen functional groups attached to an aromatic ring is 1. The first-order valence-corrected chi connectivity index (χ1v) is 4.60. The van der Waals surface area contributed by atoms with Crippen LogP contribution < -0.4 is 16.0 Å². The minimum absolute atomic E-state index is 0.103. The first-order valence-electron chi connectivity index (χ1n) is 4.23. The van der Waals surface area contributed by atoms with Crippen LogP contribution in [-0.2, 0) is 0 Å². The van der Waals surface area contributed by atoms with Gasteiger partial charge in [0.2, 0.25) is 0 Å². The summed E-state index contributed by atoms with van der Waals surface area (Å²) in [5.74, 6) is 3.85. The minimum Gasteiger partial charge on any atom is -0.493 e. The van der Waals surface area contributed by atoms with Crippen molar-refractivity contribution in [3.05, 3.63) is 28.5 Å². The van der Waals surface area contributed by atoms with E-state index in [1.807, 2.05) is 5.43 Å². The van der Waals surface area contributed by atoms with E-state index in [4.69, 9.17) is 22.2 Å². The zero-order valence-electron chi connectivity index (χ0n) is 8.01. The van der Waals surface area contributed by atoms with Crippen LogP contribution in [0.2, 0.25) is 5.02 Å². The third kappa shape index (κ3) is 2.57. The maximum absolute atomic E-state index is 13.1. The molecular weight excluding hydrogens is 223 g/mol. The fourth-order valence-electron chi connectivity index (χ4n) is 1.06. The molecule has 1 rings (SSSR count). The monoisotopic (exact) mass is 232 g/mol. The minimum atomic E-state index is -0.645. The van der Waals surface area contributed by atoms with Gasteiger partial charge in [0.25, 0.3) is 5.91 Å². The largest absolute Gasteiger partial charge is 0.493 e. The van der Waals surface area contributed by atoms with Gasteiger partial charge >= 0.3 is 0 Å². The van der Waals surface area contributed by atoms with Gasteiger partial charge in [-0.05, 0) is 13.0 Å². The lowest BCUT2D eigenvalue weighted by Gasteiger charge is -2.09. The molecule has 1 amide bonds. The van der Waals surface area contributed by atoms with Crippen molar-refractivity contribution in [3.63, 3.8) is 0 Å². The van der Waals surface area contributed by atoms with Gasteiger partial charge in [0.05, 0.1) is 17.2 Å². The summed E-state index contributed by atoms with van der Waals surface area (Å²) in [5.41, 5.74) is 2.03. The molecule has 4 nitrogen and oxygen atoms in total. The predicted molar refractivity (Wildman–Crippen MR) is 54.2 cm³/mol. The summed E-state index contributed by atoms with van der Waals surface area (Å²) in [6.45, 7) is 2.03. The Hall–Kier alpha value is -1.33. The van der Waals surface area contributed by atoms with Crippen LogP contribution in [0, 0.1) is 5.82 Å². The van der Waals surface area contributed by atoms with Gasteiger partial charge in [-0.15, -0.1) is 0 Å². The Morgan fingerprint density at radius 1 is 1.67 bits per heavy atom. The van der Waals surface area contributed by atoms with Gasteiger partial charge in [-0.25, -0.2) is 10.2 Å². The van der Waals surface area contributed by atoms with E-state index in [0.717, 1.165) is 6.07 Å². The molecule has 0 fully saturated rings. The summed E-state index contributed by atoms with van der Waals surface area (Å²) in [6.07, 6.45) is 0. The molecule has 82 valence electrons. The molecule has 0 unspecified atom stereocenters. The number of nitrogens with two attached hydrogens (primary N) is 1. The lowest BCUT2D eigenvalue weighted by atomic mass is 10.2. The molecule has 0 aliphatic heterocycles. The number of hydrogen-bond donors (Lipinski definition) is 2. The van der Waals surface area contributed by atoms with Gasteiger partial charge in [-0.2, -0.15) is 0 Å². The van der Waals surface area contributed by atoms with Crippen molar-refractivity contribution in [1.29, 1.82) is 0 Å². The Balaban J connectivity index is 3.21. The number of rotatable bonds is 3. The Kier molecular flexibility index (Phi) is 3.88. The molecule has 6 heteroatoms. The van der Waals surface area contributed by atoms with Crippen LogP contribution in [0.1, 0.15) is 17.3 Å². The molecule has 0 saturated carbocycles. The average Bonchev–Trinajstić information content (AvgIpc) is 2.22. The number of hydrazine groups is 1. The molecule has 0 heterocycles. The van der Waals surface area contributed by atoms with E-state index in [1.54, 1.807) is 6.92 Å². The van der Waals surface area contributed by atoms with Crippen LogP contribution in [-0.4, -0.2) is 12.5 Å². The Bertz CT molecular complexity index is 385. The highest BCUT2D eigenvalue weighted by Crippen LogP contribution is 2.26. The highest BCUT2D eigenvalue weighted by molar-refractivity contribution is 6.31.